The Kier molecular flexibility index (Phi) is 6.65. The lowest BCUT2D eigenvalue weighted by molar-refractivity contribution is -0.134. The van der Waals surface area contributed by atoms with Gasteiger partial charge in [-0.15, -0.1) is 0 Å². The third kappa shape index (κ3) is 4.51. The lowest BCUT2D eigenvalue weighted by Gasteiger charge is -2.31. The van der Waals surface area contributed by atoms with E-state index in [9.17, 15) is 14.7 Å². The number of aliphatic hydroxyl groups is 1. The van der Waals surface area contributed by atoms with Gasteiger partial charge in [0.15, 0.2) is 0 Å². The number of carbonyl (C=O) groups is 2. The summed E-state index contributed by atoms with van der Waals surface area (Å²) in [6.07, 6.45) is 1.33. The molecule has 0 aliphatic carbocycles. The number of pyridine rings is 1. The summed E-state index contributed by atoms with van der Waals surface area (Å²) >= 11 is 0. The van der Waals surface area contributed by atoms with Gasteiger partial charge in [-0.25, -0.2) is 0 Å². The summed E-state index contributed by atoms with van der Waals surface area (Å²) in [5.74, 6) is -0.242. The van der Waals surface area contributed by atoms with Crippen LogP contribution in [0.3, 0.4) is 0 Å². The summed E-state index contributed by atoms with van der Waals surface area (Å²) in [7, 11) is 0. The fourth-order valence-electron chi connectivity index (χ4n) is 5.45. The van der Waals surface area contributed by atoms with Gasteiger partial charge in [-0.1, -0.05) is 49.3 Å². The SMILES string of the molecule is Cc1cc([C@H](C(=O)N2C[C@H](O)C[C@@H]2C2=NC(=O)[C@@](C)(c3ccc(-c4cccnc4C)cc3)N2)C(C)C)on1. The molecule has 4 heterocycles. The van der Waals surface area contributed by atoms with Gasteiger partial charge in [0.2, 0.25) is 5.91 Å². The standard InChI is InChI=1S/C29H33N5O4/c1-16(2)25(24-13-17(3)33-38-24)27(36)34-15-21(35)14-23(34)26-31-28(37)29(5,32-26)20-10-8-19(9-11-20)22-7-6-12-30-18(22)4/h6-13,16,21,23,25,35H,14-15H2,1-5H3,(H,31,32,37)/t21-,23-,25-,29-/m1/s1. The van der Waals surface area contributed by atoms with Gasteiger partial charge in [-0.2, -0.15) is 4.99 Å². The number of β-amino-alcohol motifs (C(OH)–C–C–N with tert-alkyl or cyclic N) is 1. The lowest BCUT2D eigenvalue weighted by Crippen LogP contribution is -2.51. The van der Waals surface area contributed by atoms with Gasteiger partial charge in [-0.3, -0.25) is 14.6 Å². The second kappa shape index (κ2) is 9.79. The lowest BCUT2D eigenvalue weighted by atomic mass is 9.90. The van der Waals surface area contributed by atoms with Gasteiger partial charge in [0.25, 0.3) is 5.91 Å². The van der Waals surface area contributed by atoms with Gasteiger partial charge >= 0.3 is 0 Å². The normalized spacial score (nSPS) is 24.0. The molecule has 9 nitrogen and oxygen atoms in total. The van der Waals surface area contributed by atoms with Crippen LogP contribution in [0.15, 0.2) is 58.2 Å². The molecule has 2 N–H and O–H groups in total. The van der Waals surface area contributed by atoms with Crippen molar-refractivity contribution in [3.63, 3.8) is 0 Å². The summed E-state index contributed by atoms with van der Waals surface area (Å²) in [5.41, 5.74) is 3.34. The first-order valence-electron chi connectivity index (χ1n) is 12.9. The van der Waals surface area contributed by atoms with E-state index in [2.05, 4.69) is 20.4 Å². The van der Waals surface area contributed by atoms with Crippen molar-refractivity contribution in [2.24, 2.45) is 10.9 Å². The molecule has 5 rings (SSSR count). The predicted molar refractivity (Wildman–Crippen MR) is 142 cm³/mol. The molecule has 9 heteroatoms. The van der Waals surface area contributed by atoms with E-state index >= 15 is 0 Å². The number of aromatic nitrogens is 2. The van der Waals surface area contributed by atoms with E-state index in [0.29, 0.717) is 23.7 Å². The van der Waals surface area contributed by atoms with Crippen molar-refractivity contribution < 1.29 is 19.2 Å². The van der Waals surface area contributed by atoms with Crippen molar-refractivity contribution in [3.8, 4) is 11.1 Å². The molecule has 2 aromatic heterocycles. The number of nitrogens with one attached hydrogen (secondary N) is 1. The third-order valence-electron chi connectivity index (χ3n) is 7.57. The zero-order valence-electron chi connectivity index (χ0n) is 22.3. The number of rotatable bonds is 6. The topological polar surface area (TPSA) is 121 Å². The fourth-order valence-corrected chi connectivity index (χ4v) is 5.45. The molecule has 4 atom stereocenters. The molecule has 1 fully saturated rings. The van der Waals surface area contributed by atoms with E-state index < -0.39 is 23.6 Å². The molecule has 2 aliphatic rings. The van der Waals surface area contributed by atoms with Gasteiger partial charge in [0.05, 0.1) is 17.8 Å². The Labute approximate surface area is 222 Å². The van der Waals surface area contributed by atoms with Gasteiger partial charge < -0.3 is 19.8 Å². The molecular formula is C29H33N5O4. The highest BCUT2D eigenvalue weighted by Crippen LogP contribution is 2.34. The number of amides is 2. The second-order valence-electron chi connectivity index (χ2n) is 10.8. The van der Waals surface area contributed by atoms with Crippen molar-refractivity contribution in [1.82, 2.24) is 20.4 Å². The molecule has 1 saturated heterocycles. The van der Waals surface area contributed by atoms with Crippen molar-refractivity contribution in [1.29, 1.82) is 0 Å². The Morgan fingerprint density at radius 1 is 1.21 bits per heavy atom. The van der Waals surface area contributed by atoms with Crippen LogP contribution in [0.5, 0.6) is 0 Å². The number of nitrogens with zero attached hydrogens (tertiary/aromatic N) is 4. The highest BCUT2D eigenvalue weighted by Gasteiger charge is 2.48. The first-order chi connectivity index (χ1) is 18.1. The molecule has 3 aromatic rings. The number of aliphatic imine (C=N–C) groups is 1. The number of carbonyl (C=O) groups excluding carboxylic acids is 2. The summed E-state index contributed by atoms with van der Waals surface area (Å²) in [5, 5.41) is 17.8. The average Bonchev–Trinajstić information content (AvgIpc) is 3.57. The summed E-state index contributed by atoms with van der Waals surface area (Å²) in [4.78, 5) is 37.4. The highest BCUT2D eigenvalue weighted by atomic mass is 16.5. The van der Waals surface area contributed by atoms with Crippen molar-refractivity contribution in [2.75, 3.05) is 6.54 Å². The van der Waals surface area contributed by atoms with E-state index in [4.69, 9.17) is 4.52 Å². The quantitative estimate of drug-likeness (QED) is 0.515. The number of amidine groups is 1. The molecule has 0 bridgehead atoms. The van der Waals surface area contributed by atoms with Crippen LogP contribution >= 0.6 is 0 Å². The summed E-state index contributed by atoms with van der Waals surface area (Å²) < 4.78 is 5.45. The van der Waals surface area contributed by atoms with Crippen LogP contribution < -0.4 is 5.32 Å². The minimum Gasteiger partial charge on any atom is -0.391 e. The van der Waals surface area contributed by atoms with E-state index in [1.807, 2.05) is 64.1 Å². The zero-order chi connectivity index (χ0) is 27.2. The minimum absolute atomic E-state index is 0.0550. The number of hydrogen-bond donors (Lipinski definition) is 2. The van der Waals surface area contributed by atoms with Crippen LogP contribution in [-0.2, 0) is 15.1 Å². The molecule has 0 saturated carbocycles. The number of aliphatic hydroxyl groups excluding tert-OH is 1. The van der Waals surface area contributed by atoms with E-state index in [1.54, 1.807) is 24.1 Å². The average molecular weight is 516 g/mol. The Balaban J connectivity index is 1.39. The maximum atomic E-state index is 13.8. The molecule has 38 heavy (non-hydrogen) atoms. The van der Waals surface area contributed by atoms with E-state index in [1.165, 1.54) is 0 Å². The number of hydrogen-bond acceptors (Lipinski definition) is 7. The third-order valence-corrected chi connectivity index (χ3v) is 7.57. The number of aryl methyl sites for hydroxylation is 2. The molecule has 0 unspecified atom stereocenters. The van der Waals surface area contributed by atoms with Gasteiger partial charge in [-0.05, 0) is 43.9 Å². The Bertz CT molecular complexity index is 1400. The van der Waals surface area contributed by atoms with Crippen LogP contribution in [0.25, 0.3) is 11.1 Å². The predicted octanol–water partition coefficient (Wildman–Crippen LogP) is 3.50. The second-order valence-corrected chi connectivity index (χ2v) is 10.8. The van der Waals surface area contributed by atoms with Crippen LogP contribution in [0.1, 0.15) is 55.8 Å². The zero-order valence-corrected chi connectivity index (χ0v) is 22.3. The Morgan fingerprint density at radius 2 is 1.95 bits per heavy atom. The van der Waals surface area contributed by atoms with Crippen LogP contribution in [0, 0.1) is 19.8 Å². The smallest absolute Gasteiger partial charge is 0.277 e. The summed E-state index contributed by atoms with van der Waals surface area (Å²) in [6.45, 7) is 9.62. The molecule has 1 aromatic carbocycles. The van der Waals surface area contributed by atoms with Crippen molar-refractivity contribution in [3.05, 3.63) is 71.4 Å². The maximum Gasteiger partial charge on any atom is 0.277 e. The fraction of sp³-hybridized carbons (Fsp3) is 0.414. The molecule has 0 radical (unpaired) electrons. The largest absolute Gasteiger partial charge is 0.391 e. The molecule has 2 amide bonds. The van der Waals surface area contributed by atoms with Gasteiger partial charge in [0, 0.05) is 36.5 Å². The van der Waals surface area contributed by atoms with E-state index in [-0.39, 0.29) is 24.3 Å². The Hall–Kier alpha value is -3.85. The first kappa shape index (κ1) is 25.8. The van der Waals surface area contributed by atoms with Crippen LogP contribution in [0.2, 0.25) is 0 Å². The minimum atomic E-state index is -1.08. The number of benzene rings is 1. The summed E-state index contributed by atoms with van der Waals surface area (Å²) in [6, 6.07) is 12.9. The van der Waals surface area contributed by atoms with E-state index in [0.717, 1.165) is 22.4 Å². The number of likely N-dealkylation sites (tertiary alicyclic amines) is 1. The first-order valence-corrected chi connectivity index (χ1v) is 12.9. The van der Waals surface area contributed by atoms with Crippen LogP contribution in [0.4, 0.5) is 0 Å². The maximum absolute atomic E-state index is 13.8. The molecule has 0 spiro atoms. The van der Waals surface area contributed by atoms with Crippen molar-refractivity contribution >= 4 is 17.6 Å². The van der Waals surface area contributed by atoms with Crippen molar-refractivity contribution in [2.45, 2.75) is 64.6 Å². The highest BCUT2D eigenvalue weighted by molar-refractivity contribution is 6.09. The monoisotopic (exact) mass is 515 g/mol. The van der Waals surface area contributed by atoms with Crippen LogP contribution in [-0.4, -0.2) is 56.5 Å². The van der Waals surface area contributed by atoms with Gasteiger partial charge in [0.1, 0.15) is 23.1 Å². The Morgan fingerprint density at radius 3 is 2.58 bits per heavy atom. The molecule has 2 aliphatic heterocycles. The molecular weight excluding hydrogens is 482 g/mol. The molecule has 198 valence electrons.